The van der Waals surface area contributed by atoms with Gasteiger partial charge in [-0.15, -0.1) is 0 Å². The molecule has 7 nitrogen and oxygen atoms in total. The summed E-state index contributed by atoms with van der Waals surface area (Å²) < 4.78 is 10.6. The third-order valence-electron chi connectivity index (χ3n) is 6.13. The van der Waals surface area contributed by atoms with Crippen LogP contribution in [-0.4, -0.2) is 46.9 Å². The molecular weight excluding hydrogens is 396 g/mol. The van der Waals surface area contributed by atoms with Crippen molar-refractivity contribution in [2.75, 3.05) is 14.2 Å². The Kier molecular flexibility index (Phi) is 5.93. The third kappa shape index (κ3) is 3.76. The van der Waals surface area contributed by atoms with Gasteiger partial charge in [0.2, 0.25) is 0 Å². The minimum Gasteiger partial charge on any atom is -0.507 e. The van der Waals surface area contributed by atoms with Crippen molar-refractivity contribution in [1.82, 2.24) is 9.88 Å². The summed E-state index contributed by atoms with van der Waals surface area (Å²) in [5.41, 5.74) is 1.16. The molecule has 1 unspecified atom stereocenters. The molecule has 1 saturated carbocycles. The number of aliphatic hydroxyl groups is 1. The second kappa shape index (κ2) is 8.79. The monoisotopic (exact) mass is 422 g/mol. The fraction of sp³-hybridized carbons (Fsp3) is 0.375. The van der Waals surface area contributed by atoms with Gasteiger partial charge in [-0.3, -0.25) is 14.6 Å². The van der Waals surface area contributed by atoms with Crippen molar-refractivity contribution in [3.8, 4) is 11.5 Å². The van der Waals surface area contributed by atoms with Crippen LogP contribution >= 0.6 is 0 Å². The Labute approximate surface area is 181 Å². The summed E-state index contributed by atoms with van der Waals surface area (Å²) in [5, 5.41) is 11.3. The van der Waals surface area contributed by atoms with E-state index in [4.69, 9.17) is 9.47 Å². The van der Waals surface area contributed by atoms with Gasteiger partial charge in [0.1, 0.15) is 17.3 Å². The number of ether oxygens (including phenoxy) is 2. The number of hydrogen-bond acceptors (Lipinski definition) is 6. The first-order chi connectivity index (χ1) is 15.1. The van der Waals surface area contributed by atoms with Gasteiger partial charge in [0.15, 0.2) is 0 Å². The highest BCUT2D eigenvalue weighted by Crippen LogP contribution is 2.44. The van der Waals surface area contributed by atoms with Crippen LogP contribution in [0.2, 0.25) is 0 Å². The second-order valence-electron chi connectivity index (χ2n) is 7.84. The second-order valence-corrected chi connectivity index (χ2v) is 7.84. The molecule has 1 saturated heterocycles. The van der Waals surface area contributed by atoms with Crippen molar-refractivity contribution in [2.24, 2.45) is 0 Å². The lowest BCUT2D eigenvalue weighted by atomic mass is 9.91. The molecule has 162 valence electrons. The van der Waals surface area contributed by atoms with Gasteiger partial charge in [-0.25, -0.2) is 0 Å². The van der Waals surface area contributed by atoms with Crippen LogP contribution in [0.15, 0.2) is 48.3 Å². The van der Waals surface area contributed by atoms with Gasteiger partial charge in [0, 0.05) is 24.5 Å². The Hall–Kier alpha value is -3.35. The molecule has 1 atom stereocenters. The molecule has 0 bridgehead atoms. The summed E-state index contributed by atoms with van der Waals surface area (Å²) in [7, 11) is 3.01. The molecule has 1 amide bonds. The van der Waals surface area contributed by atoms with Crippen LogP contribution in [0, 0.1) is 0 Å². The maximum atomic E-state index is 13.2. The summed E-state index contributed by atoms with van der Waals surface area (Å²) in [6.07, 6.45) is 8.12. The van der Waals surface area contributed by atoms with Crippen molar-refractivity contribution in [3.05, 3.63) is 59.4 Å². The van der Waals surface area contributed by atoms with Gasteiger partial charge < -0.3 is 19.5 Å². The first-order valence-electron chi connectivity index (χ1n) is 10.5. The van der Waals surface area contributed by atoms with Crippen molar-refractivity contribution < 1.29 is 24.2 Å². The number of rotatable bonds is 5. The van der Waals surface area contributed by atoms with Crippen LogP contribution in [0.3, 0.4) is 0 Å². The normalized spacial score (nSPS) is 21.4. The number of Topliss-reactive ketones (excluding diaryl/α,β-unsaturated/α-hetero) is 1. The molecule has 1 aromatic heterocycles. The first-order valence-corrected chi connectivity index (χ1v) is 10.5. The number of amides is 1. The average Bonchev–Trinajstić information content (AvgIpc) is 3.09. The number of aromatic nitrogens is 1. The van der Waals surface area contributed by atoms with Gasteiger partial charge >= 0.3 is 0 Å². The molecule has 2 fully saturated rings. The van der Waals surface area contributed by atoms with Gasteiger partial charge in [0.05, 0.1) is 31.4 Å². The smallest absolute Gasteiger partial charge is 0.295 e. The van der Waals surface area contributed by atoms with E-state index in [1.807, 2.05) is 0 Å². The lowest BCUT2D eigenvalue weighted by Gasteiger charge is -2.35. The number of hydrogen-bond donors (Lipinski definition) is 1. The van der Waals surface area contributed by atoms with E-state index < -0.39 is 17.7 Å². The number of carbonyl (C=O) groups is 2. The number of benzene rings is 1. The Morgan fingerprint density at radius 1 is 1.03 bits per heavy atom. The molecule has 0 spiro atoms. The highest BCUT2D eigenvalue weighted by Gasteiger charge is 2.49. The Bertz CT molecular complexity index is 1010. The quantitative estimate of drug-likeness (QED) is 0.447. The summed E-state index contributed by atoms with van der Waals surface area (Å²) in [6.45, 7) is 0. The van der Waals surface area contributed by atoms with E-state index in [1.165, 1.54) is 14.2 Å². The van der Waals surface area contributed by atoms with Crippen LogP contribution in [0.4, 0.5) is 0 Å². The number of nitrogens with zero attached hydrogens (tertiary/aromatic N) is 2. The molecule has 2 heterocycles. The van der Waals surface area contributed by atoms with Gasteiger partial charge in [-0.1, -0.05) is 19.3 Å². The highest BCUT2D eigenvalue weighted by molar-refractivity contribution is 6.46. The lowest BCUT2D eigenvalue weighted by Crippen LogP contribution is -2.40. The van der Waals surface area contributed by atoms with E-state index in [1.54, 1.807) is 47.6 Å². The van der Waals surface area contributed by atoms with E-state index in [0.29, 0.717) is 17.1 Å². The maximum absolute atomic E-state index is 13.2. The van der Waals surface area contributed by atoms with Crippen LogP contribution in [0.25, 0.3) is 5.76 Å². The van der Waals surface area contributed by atoms with Crippen LogP contribution in [-0.2, 0) is 9.59 Å². The van der Waals surface area contributed by atoms with E-state index >= 15 is 0 Å². The Morgan fingerprint density at radius 2 is 1.74 bits per heavy atom. The molecule has 31 heavy (non-hydrogen) atoms. The summed E-state index contributed by atoms with van der Waals surface area (Å²) >= 11 is 0. The summed E-state index contributed by atoms with van der Waals surface area (Å²) in [6, 6.07) is 7.80. The van der Waals surface area contributed by atoms with E-state index in [-0.39, 0.29) is 17.4 Å². The van der Waals surface area contributed by atoms with E-state index in [2.05, 4.69) is 4.98 Å². The first kappa shape index (κ1) is 20.9. The van der Waals surface area contributed by atoms with Crippen molar-refractivity contribution in [2.45, 2.75) is 44.2 Å². The molecule has 2 aliphatic rings. The molecular formula is C24H26N2O5. The largest absolute Gasteiger partial charge is 0.507 e. The lowest BCUT2D eigenvalue weighted by molar-refractivity contribution is -0.141. The van der Waals surface area contributed by atoms with Crippen molar-refractivity contribution >= 4 is 17.4 Å². The number of methoxy groups -OCH3 is 2. The number of likely N-dealkylation sites (tertiary alicyclic amines) is 1. The van der Waals surface area contributed by atoms with Gasteiger partial charge in [-0.2, -0.15) is 0 Å². The SMILES string of the molecule is COc1ccc(/C(O)=C2/C(=O)C(=O)N(C3CCCCC3)C2c2ccncc2)c(OC)c1. The molecule has 1 aliphatic heterocycles. The molecule has 0 radical (unpaired) electrons. The fourth-order valence-corrected chi connectivity index (χ4v) is 4.60. The maximum Gasteiger partial charge on any atom is 0.295 e. The third-order valence-corrected chi connectivity index (χ3v) is 6.13. The molecule has 4 rings (SSSR count). The van der Waals surface area contributed by atoms with Crippen LogP contribution in [0.5, 0.6) is 11.5 Å². The molecule has 2 aromatic rings. The fourth-order valence-electron chi connectivity index (χ4n) is 4.60. The minimum absolute atomic E-state index is 0.0357. The van der Waals surface area contributed by atoms with Crippen LogP contribution in [0.1, 0.15) is 49.3 Å². The zero-order valence-corrected chi connectivity index (χ0v) is 17.7. The van der Waals surface area contributed by atoms with E-state index in [0.717, 1.165) is 37.7 Å². The van der Waals surface area contributed by atoms with Crippen molar-refractivity contribution in [3.63, 3.8) is 0 Å². The zero-order chi connectivity index (χ0) is 22.0. The van der Waals surface area contributed by atoms with Crippen molar-refractivity contribution in [1.29, 1.82) is 0 Å². The van der Waals surface area contributed by atoms with Crippen LogP contribution < -0.4 is 9.47 Å². The standard InChI is InChI=1S/C24H26N2O5/c1-30-17-8-9-18(19(14-17)31-2)22(27)20-21(15-10-12-25-13-11-15)26(24(29)23(20)28)16-6-4-3-5-7-16/h8-14,16,21,27H,3-7H2,1-2H3/b22-20-. The zero-order valence-electron chi connectivity index (χ0n) is 17.7. The number of aliphatic hydroxyl groups excluding tert-OH is 1. The molecule has 1 N–H and O–H groups in total. The number of carbonyl (C=O) groups excluding carboxylic acids is 2. The Balaban J connectivity index is 1.88. The predicted molar refractivity (Wildman–Crippen MR) is 115 cm³/mol. The van der Waals surface area contributed by atoms with Gasteiger partial charge in [0.25, 0.3) is 11.7 Å². The molecule has 1 aromatic carbocycles. The number of ketones is 1. The average molecular weight is 422 g/mol. The van der Waals surface area contributed by atoms with Gasteiger partial charge in [-0.05, 0) is 42.7 Å². The highest BCUT2D eigenvalue weighted by atomic mass is 16.5. The topological polar surface area (TPSA) is 89.0 Å². The summed E-state index contributed by atoms with van der Waals surface area (Å²) in [5.74, 6) is -0.584. The predicted octanol–water partition coefficient (Wildman–Crippen LogP) is 3.85. The minimum atomic E-state index is -0.678. The molecule has 1 aliphatic carbocycles. The van der Waals surface area contributed by atoms with E-state index in [9.17, 15) is 14.7 Å². The molecule has 7 heteroatoms. The Morgan fingerprint density at radius 3 is 2.39 bits per heavy atom. The number of pyridine rings is 1. The summed E-state index contributed by atoms with van der Waals surface area (Å²) in [4.78, 5) is 32.1.